The van der Waals surface area contributed by atoms with Gasteiger partial charge >= 0.3 is 0 Å². The average Bonchev–Trinajstić information content (AvgIpc) is 3.00. The third kappa shape index (κ3) is 3.19. The maximum absolute atomic E-state index is 12.4. The molecule has 24 heavy (non-hydrogen) atoms. The van der Waals surface area contributed by atoms with Gasteiger partial charge in [-0.25, -0.2) is 13.1 Å². The van der Waals surface area contributed by atoms with Crippen LogP contribution in [-0.4, -0.2) is 21.4 Å². The summed E-state index contributed by atoms with van der Waals surface area (Å²) in [7, 11) is -2.21. The van der Waals surface area contributed by atoms with Crippen molar-refractivity contribution < 1.29 is 13.2 Å². The van der Waals surface area contributed by atoms with E-state index in [0.29, 0.717) is 16.1 Å². The molecule has 2 aromatic carbocycles. The number of amides is 1. The minimum atomic E-state index is -3.57. The topological polar surface area (TPSA) is 75.3 Å². The van der Waals surface area contributed by atoms with E-state index in [1.807, 2.05) is 30.3 Å². The van der Waals surface area contributed by atoms with E-state index < -0.39 is 10.0 Å². The van der Waals surface area contributed by atoms with Crippen LogP contribution in [0.5, 0.6) is 0 Å². The zero-order valence-corrected chi connectivity index (χ0v) is 14.8. The fourth-order valence-electron chi connectivity index (χ4n) is 2.36. The molecule has 5 nitrogen and oxygen atoms in total. The molecule has 2 N–H and O–H groups in total. The highest BCUT2D eigenvalue weighted by Gasteiger charge is 2.16. The van der Waals surface area contributed by atoms with Gasteiger partial charge in [0.1, 0.15) is 0 Å². The van der Waals surface area contributed by atoms with Crippen LogP contribution in [-0.2, 0) is 10.0 Å². The Hall–Kier alpha value is -2.22. The molecule has 1 aromatic heterocycles. The van der Waals surface area contributed by atoms with E-state index >= 15 is 0 Å². The molecule has 0 saturated carbocycles. The summed E-state index contributed by atoms with van der Waals surface area (Å²) in [5, 5.41) is 3.77. The fraction of sp³-hybridized carbons (Fsp3) is 0.118. The lowest BCUT2D eigenvalue weighted by molar-refractivity contribution is 0.103. The molecule has 0 atom stereocenters. The lowest BCUT2D eigenvalue weighted by Gasteiger charge is -2.10. The number of nitrogens with one attached hydrogen (secondary N) is 2. The molecule has 0 spiro atoms. The first kappa shape index (κ1) is 16.6. The largest absolute Gasteiger partial charge is 0.321 e. The molecule has 0 radical (unpaired) electrons. The highest BCUT2D eigenvalue weighted by molar-refractivity contribution is 7.89. The lowest BCUT2D eigenvalue weighted by atomic mass is 10.2. The summed E-state index contributed by atoms with van der Waals surface area (Å²) in [5.74, 6) is -0.257. The van der Waals surface area contributed by atoms with Gasteiger partial charge in [-0.15, -0.1) is 11.3 Å². The van der Waals surface area contributed by atoms with E-state index in [2.05, 4.69) is 10.0 Å². The molecule has 0 saturated heterocycles. The summed E-state index contributed by atoms with van der Waals surface area (Å²) >= 11 is 1.40. The molecule has 1 amide bonds. The van der Waals surface area contributed by atoms with Crippen molar-refractivity contribution in [2.24, 2.45) is 0 Å². The van der Waals surface area contributed by atoms with Crippen molar-refractivity contribution in [3.05, 3.63) is 59.0 Å². The van der Waals surface area contributed by atoms with Crippen molar-refractivity contribution in [3.63, 3.8) is 0 Å². The predicted octanol–water partition coefficient (Wildman–Crippen LogP) is 3.37. The molecule has 7 heteroatoms. The van der Waals surface area contributed by atoms with Crippen molar-refractivity contribution >= 4 is 43.0 Å². The normalized spacial score (nSPS) is 11.6. The van der Waals surface area contributed by atoms with Gasteiger partial charge in [-0.3, -0.25) is 4.79 Å². The Morgan fingerprint density at radius 3 is 2.54 bits per heavy atom. The number of benzene rings is 2. The molecule has 0 bridgehead atoms. The van der Waals surface area contributed by atoms with Crippen LogP contribution in [0.25, 0.3) is 10.1 Å². The number of thiophene rings is 1. The SMILES string of the molecule is CNS(=O)(=O)c1cc(NC(=O)c2cc3ccccc3s2)ccc1C. The molecule has 1 heterocycles. The van der Waals surface area contributed by atoms with Crippen LogP contribution in [0.1, 0.15) is 15.2 Å². The van der Waals surface area contributed by atoms with Gasteiger partial charge in [0.15, 0.2) is 0 Å². The van der Waals surface area contributed by atoms with Gasteiger partial charge in [0.25, 0.3) is 5.91 Å². The van der Waals surface area contributed by atoms with Crippen molar-refractivity contribution in [3.8, 4) is 0 Å². The van der Waals surface area contributed by atoms with Gasteiger partial charge in [0, 0.05) is 10.4 Å². The molecule has 3 rings (SSSR count). The monoisotopic (exact) mass is 360 g/mol. The zero-order chi connectivity index (χ0) is 17.3. The van der Waals surface area contributed by atoms with E-state index in [4.69, 9.17) is 0 Å². The maximum Gasteiger partial charge on any atom is 0.265 e. The number of hydrogen-bond donors (Lipinski definition) is 2. The molecule has 3 aromatic rings. The third-order valence-electron chi connectivity index (χ3n) is 3.65. The van der Waals surface area contributed by atoms with Gasteiger partial charge in [0.05, 0.1) is 9.77 Å². The number of aryl methyl sites for hydroxylation is 1. The molecule has 0 aliphatic carbocycles. The molecule has 0 fully saturated rings. The van der Waals surface area contributed by atoms with Crippen LogP contribution < -0.4 is 10.0 Å². The molecule has 124 valence electrons. The second-order valence-electron chi connectivity index (χ2n) is 5.29. The number of anilines is 1. The minimum absolute atomic E-state index is 0.152. The Morgan fingerprint density at radius 1 is 1.08 bits per heavy atom. The van der Waals surface area contributed by atoms with E-state index in [0.717, 1.165) is 10.1 Å². The summed E-state index contributed by atoms with van der Waals surface area (Å²) in [6.45, 7) is 1.71. The van der Waals surface area contributed by atoms with Crippen molar-refractivity contribution in [1.82, 2.24) is 4.72 Å². The smallest absolute Gasteiger partial charge is 0.265 e. The van der Waals surface area contributed by atoms with Crippen LogP contribution in [0, 0.1) is 6.92 Å². The number of sulfonamides is 1. The second-order valence-corrected chi connectivity index (χ2v) is 8.23. The number of carbonyl (C=O) groups excluding carboxylic acids is 1. The minimum Gasteiger partial charge on any atom is -0.321 e. The fourth-order valence-corrected chi connectivity index (χ4v) is 4.32. The molecular formula is C17H16N2O3S2. The van der Waals surface area contributed by atoms with Crippen LogP contribution in [0.15, 0.2) is 53.4 Å². The van der Waals surface area contributed by atoms with Gasteiger partial charge < -0.3 is 5.32 Å². The van der Waals surface area contributed by atoms with Crippen LogP contribution in [0.2, 0.25) is 0 Å². The van der Waals surface area contributed by atoms with E-state index in [9.17, 15) is 13.2 Å². The Labute approximate surface area is 144 Å². The van der Waals surface area contributed by atoms with Crippen LogP contribution in [0.3, 0.4) is 0 Å². The molecule has 0 unspecified atom stereocenters. The maximum atomic E-state index is 12.4. The van der Waals surface area contributed by atoms with Crippen molar-refractivity contribution in [1.29, 1.82) is 0 Å². The lowest BCUT2D eigenvalue weighted by Crippen LogP contribution is -2.20. The second kappa shape index (κ2) is 6.35. The van der Waals surface area contributed by atoms with E-state index in [-0.39, 0.29) is 10.8 Å². The van der Waals surface area contributed by atoms with Gasteiger partial charge in [-0.05, 0) is 49.2 Å². The Morgan fingerprint density at radius 2 is 1.83 bits per heavy atom. The van der Waals surface area contributed by atoms with Crippen LogP contribution in [0.4, 0.5) is 5.69 Å². The average molecular weight is 360 g/mol. The Kier molecular flexibility index (Phi) is 4.40. The summed E-state index contributed by atoms with van der Waals surface area (Å²) in [4.78, 5) is 13.2. The quantitative estimate of drug-likeness (QED) is 0.749. The Bertz CT molecular complexity index is 990. The Balaban J connectivity index is 1.90. The summed E-state index contributed by atoms with van der Waals surface area (Å²) in [6.07, 6.45) is 0. The molecule has 0 aliphatic heterocycles. The third-order valence-corrected chi connectivity index (χ3v) is 6.32. The van der Waals surface area contributed by atoms with Crippen LogP contribution >= 0.6 is 11.3 Å². The summed E-state index contributed by atoms with van der Waals surface area (Å²) < 4.78 is 27.4. The number of hydrogen-bond acceptors (Lipinski definition) is 4. The summed E-state index contributed by atoms with van der Waals surface area (Å²) in [6, 6.07) is 14.4. The first-order chi connectivity index (χ1) is 11.4. The van der Waals surface area contributed by atoms with Gasteiger partial charge in [-0.2, -0.15) is 0 Å². The highest BCUT2D eigenvalue weighted by Crippen LogP contribution is 2.26. The number of rotatable bonds is 4. The van der Waals surface area contributed by atoms with E-state index in [1.54, 1.807) is 19.1 Å². The summed E-state index contributed by atoms with van der Waals surface area (Å²) in [5.41, 5.74) is 1.06. The first-order valence-electron chi connectivity index (χ1n) is 7.25. The first-order valence-corrected chi connectivity index (χ1v) is 9.55. The predicted molar refractivity (Wildman–Crippen MR) is 97.2 cm³/mol. The van der Waals surface area contributed by atoms with Gasteiger partial charge in [0.2, 0.25) is 10.0 Å². The molecule has 0 aliphatic rings. The molecular weight excluding hydrogens is 344 g/mol. The number of carbonyl (C=O) groups is 1. The highest BCUT2D eigenvalue weighted by atomic mass is 32.2. The van der Waals surface area contributed by atoms with Crippen molar-refractivity contribution in [2.45, 2.75) is 11.8 Å². The van der Waals surface area contributed by atoms with Gasteiger partial charge in [-0.1, -0.05) is 24.3 Å². The van der Waals surface area contributed by atoms with E-state index in [1.165, 1.54) is 24.5 Å². The van der Waals surface area contributed by atoms with Crippen molar-refractivity contribution in [2.75, 3.05) is 12.4 Å². The zero-order valence-electron chi connectivity index (χ0n) is 13.2. The standard InChI is InChI=1S/C17H16N2O3S2/c1-11-7-8-13(10-16(11)24(21,22)18-2)19-17(20)15-9-12-5-3-4-6-14(12)23-15/h3-10,18H,1-2H3,(H,19,20). The number of fused-ring (bicyclic) bond motifs is 1.